The molecule has 16 heavy (non-hydrogen) atoms. The highest BCUT2D eigenvalue weighted by Gasteiger charge is 2.18. The third kappa shape index (κ3) is 6.76. The molecule has 0 rings (SSSR count). The van der Waals surface area contributed by atoms with Gasteiger partial charge < -0.3 is 10.0 Å². The van der Waals surface area contributed by atoms with Crippen molar-refractivity contribution >= 4 is 16.0 Å². The van der Waals surface area contributed by atoms with Crippen LogP contribution < -0.4 is 0 Å². The maximum absolute atomic E-state index is 11.6. The van der Waals surface area contributed by atoms with E-state index in [1.807, 2.05) is 19.0 Å². The summed E-state index contributed by atoms with van der Waals surface area (Å²) >= 11 is 0. The molecule has 0 aliphatic rings. The normalized spacial score (nSPS) is 12.3. The highest BCUT2D eigenvalue weighted by Crippen LogP contribution is 2.02. The Labute approximate surface area is 96.9 Å². The molecule has 6 nitrogen and oxygen atoms in total. The minimum absolute atomic E-state index is 0.333. The average molecular weight is 252 g/mol. The summed E-state index contributed by atoms with van der Waals surface area (Å²) in [4.78, 5) is 12.3. The van der Waals surface area contributed by atoms with Gasteiger partial charge in [-0.05, 0) is 27.1 Å². The van der Waals surface area contributed by atoms with Crippen molar-refractivity contribution in [3.05, 3.63) is 0 Å². The van der Waals surface area contributed by atoms with Crippen molar-refractivity contribution in [2.24, 2.45) is 0 Å². The largest absolute Gasteiger partial charge is 0.481 e. The maximum atomic E-state index is 11.6. The molecule has 0 unspecified atom stereocenters. The Morgan fingerprint density at radius 1 is 1.19 bits per heavy atom. The van der Waals surface area contributed by atoms with E-state index in [9.17, 15) is 13.2 Å². The summed E-state index contributed by atoms with van der Waals surface area (Å²) in [6.45, 7) is 1.22. The quantitative estimate of drug-likeness (QED) is 0.640. The van der Waals surface area contributed by atoms with E-state index in [1.165, 1.54) is 11.4 Å². The van der Waals surface area contributed by atoms with Gasteiger partial charge in [0.15, 0.2) is 0 Å². The standard InChI is InChI=1S/C9H20N2O4S/c1-10(2)6-4-7-11(3)16(14,15)8-5-9(12)13/h4-8H2,1-3H3,(H,12,13). The van der Waals surface area contributed by atoms with Gasteiger partial charge in [-0.15, -0.1) is 0 Å². The molecular weight excluding hydrogens is 232 g/mol. The molecule has 0 aliphatic heterocycles. The van der Waals surface area contributed by atoms with Gasteiger partial charge in [-0.2, -0.15) is 0 Å². The number of hydrogen-bond donors (Lipinski definition) is 1. The summed E-state index contributed by atoms with van der Waals surface area (Å²) in [5.74, 6) is -1.42. The van der Waals surface area contributed by atoms with E-state index in [0.717, 1.165) is 13.0 Å². The first kappa shape index (κ1) is 15.3. The Bertz CT molecular complexity index is 313. The highest BCUT2D eigenvalue weighted by molar-refractivity contribution is 7.89. The molecule has 0 aromatic carbocycles. The summed E-state index contributed by atoms with van der Waals surface area (Å²) in [5, 5.41) is 8.42. The van der Waals surface area contributed by atoms with E-state index in [-0.39, 0.29) is 12.2 Å². The van der Waals surface area contributed by atoms with Crippen LogP contribution in [0.1, 0.15) is 12.8 Å². The topological polar surface area (TPSA) is 77.9 Å². The molecule has 0 bridgehead atoms. The molecule has 0 atom stereocenters. The lowest BCUT2D eigenvalue weighted by molar-refractivity contribution is -0.136. The van der Waals surface area contributed by atoms with Crippen LogP contribution in [0.4, 0.5) is 0 Å². The molecule has 1 N–H and O–H groups in total. The fraction of sp³-hybridized carbons (Fsp3) is 0.889. The predicted molar refractivity (Wildman–Crippen MR) is 61.8 cm³/mol. The van der Waals surface area contributed by atoms with Crippen LogP contribution in [0.5, 0.6) is 0 Å². The number of aliphatic carboxylic acids is 1. The van der Waals surface area contributed by atoms with Gasteiger partial charge in [0.25, 0.3) is 0 Å². The van der Waals surface area contributed by atoms with Gasteiger partial charge in [0.1, 0.15) is 0 Å². The van der Waals surface area contributed by atoms with Crippen molar-refractivity contribution in [3.63, 3.8) is 0 Å². The monoisotopic (exact) mass is 252 g/mol. The SMILES string of the molecule is CN(C)CCCN(C)S(=O)(=O)CCC(=O)O. The highest BCUT2D eigenvalue weighted by atomic mass is 32.2. The number of rotatable bonds is 8. The summed E-state index contributed by atoms with van der Waals surface area (Å²) in [5.41, 5.74) is 0. The van der Waals surface area contributed by atoms with E-state index < -0.39 is 16.0 Å². The van der Waals surface area contributed by atoms with Crippen LogP contribution in [-0.2, 0) is 14.8 Å². The minimum Gasteiger partial charge on any atom is -0.481 e. The van der Waals surface area contributed by atoms with Crippen molar-refractivity contribution in [2.45, 2.75) is 12.8 Å². The van der Waals surface area contributed by atoms with E-state index >= 15 is 0 Å². The van der Waals surface area contributed by atoms with Gasteiger partial charge in [-0.25, -0.2) is 12.7 Å². The van der Waals surface area contributed by atoms with Gasteiger partial charge in [0, 0.05) is 13.6 Å². The van der Waals surface area contributed by atoms with E-state index in [2.05, 4.69) is 0 Å². The predicted octanol–water partition coefficient (Wildman–Crippen LogP) is -0.326. The molecule has 0 spiro atoms. The van der Waals surface area contributed by atoms with Crippen molar-refractivity contribution in [2.75, 3.05) is 40.0 Å². The van der Waals surface area contributed by atoms with Gasteiger partial charge in [0.05, 0.1) is 12.2 Å². The number of hydrogen-bond acceptors (Lipinski definition) is 4. The average Bonchev–Trinajstić information content (AvgIpc) is 2.14. The molecule has 0 aromatic heterocycles. The minimum atomic E-state index is -3.42. The zero-order valence-electron chi connectivity index (χ0n) is 10.0. The Morgan fingerprint density at radius 2 is 1.75 bits per heavy atom. The first-order chi connectivity index (χ1) is 7.25. The lowest BCUT2D eigenvalue weighted by atomic mass is 10.4. The van der Waals surface area contributed by atoms with E-state index in [0.29, 0.717) is 6.54 Å². The number of carboxylic acids is 1. The maximum Gasteiger partial charge on any atom is 0.304 e. The van der Waals surface area contributed by atoms with Gasteiger partial charge in [-0.1, -0.05) is 0 Å². The van der Waals surface area contributed by atoms with Gasteiger partial charge in [0.2, 0.25) is 10.0 Å². The van der Waals surface area contributed by atoms with Crippen molar-refractivity contribution in [3.8, 4) is 0 Å². The lowest BCUT2D eigenvalue weighted by Gasteiger charge is -2.17. The Kier molecular flexibility index (Phi) is 6.54. The van der Waals surface area contributed by atoms with Crippen LogP contribution in [0.3, 0.4) is 0 Å². The van der Waals surface area contributed by atoms with Gasteiger partial charge >= 0.3 is 5.97 Å². The summed E-state index contributed by atoms with van der Waals surface area (Å²) in [7, 11) is 1.89. The van der Waals surface area contributed by atoms with Crippen molar-refractivity contribution in [1.82, 2.24) is 9.21 Å². The van der Waals surface area contributed by atoms with Crippen LogP contribution >= 0.6 is 0 Å². The van der Waals surface area contributed by atoms with E-state index in [1.54, 1.807) is 0 Å². The molecule has 0 aromatic rings. The first-order valence-electron chi connectivity index (χ1n) is 5.06. The molecule has 7 heteroatoms. The Morgan fingerprint density at radius 3 is 2.19 bits per heavy atom. The van der Waals surface area contributed by atoms with E-state index in [4.69, 9.17) is 5.11 Å². The molecule has 0 heterocycles. The van der Waals surface area contributed by atoms with Gasteiger partial charge in [-0.3, -0.25) is 4.79 Å². The molecular formula is C9H20N2O4S. The fourth-order valence-corrected chi connectivity index (χ4v) is 2.27. The second kappa shape index (κ2) is 6.82. The molecule has 0 aliphatic carbocycles. The zero-order chi connectivity index (χ0) is 12.8. The second-order valence-electron chi connectivity index (χ2n) is 3.94. The Hall–Kier alpha value is -0.660. The molecule has 0 amide bonds. The number of carbonyl (C=O) groups is 1. The zero-order valence-corrected chi connectivity index (χ0v) is 10.8. The van der Waals surface area contributed by atoms with Crippen LogP contribution in [0.25, 0.3) is 0 Å². The molecule has 0 radical (unpaired) electrons. The molecule has 0 saturated carbocycles. The van der Waals surface area contributed by atoms with Crippen molar-refractivity contribution in [1.29, 1.82) is 0 Å². The second-order valence-corrected chi connectivity index (χ2v) is 6.13. The third-order valence-corrected chi connectivity index (χ3v) is 3.98. The summed E-state index contributed by atoms with van der Waals surface area (Å²) in [6, 6.07) is 0. The lowest BCUT2D eigenvalue weighted by Crippen LogP contribution is -2.32. The Balaban J connectivity index is 4.04. The summed E-state index contributed by atoms with van der Waals surface area (Å²) < 4.78 is 24.3. The van der Waals surface area contributed by atoms with Crippen LogP contribution in [0, 0.1) is 0 Å². The van der Waals surface area contributed by atoms with Crippen LogP contribution in [0.2, 0.25) is 0 Å². The number of sulfonamides is 1. The molecule has 0 saturated heterocycles. The van der Waals surface area contributed by atoms with Crippen LogP contribution in [0.15, 0.2) is 0 Å². The number of nitrogens with zero attached hydrogens (tertiary/aromatic N) is 2. The van der Waals surface area contributed by atoms with Crippen molar-refractivity contribution < 1.29 is 18.3 Å². The number of carboxylic acid groups (broad SMARTS) is 1. The molecule has 96 valence electrons. The fourth-order valence-electron chi connectivity index (χ4n) is 1.12. The first-order valence-corrected chi connectivity index (χ1v) is 6.67. The summed E-state index contributed by atoms with van der Waals surface area (Å²) in [6.07, 6.45) is 0.385. The molecule has 0 fully saturated rings. The van der Waals surface area contributed by atoms with Crippen LogP contribution in [-0.4, -0.2) is 68.7 Å². The third-order valence-electron chi connectivity index (χ3n) is 2.13. The smallest absolute Gasteiger partial charge is 0.304 e.